The predicted molar refractivity (Wildman–Crippen MR) is 214 cm³/mol. The maximum Gasteiger partial charge on any atom is 0.303 e. The molecule has 0 heterocycles. The number of carbonyl (C=O) groups excluding carboxylic acids is 2. The Morgan fingerprint density at radius 1 is 0.636 bits per heavy atom. The highest BCUT2D eigenvalue weighted by Crippen LogP contribution is 2.69. The zero-order valence-corrected chi connectivity index (χ0v) is 34.9. The second-order valence-electron chi connectivity index (χ2n) is 21.4. The summed E-state index contributed by atoms with van der Waals surface area (Å²) in [5.74, 6) is 5.05. The lowest BCUT2D eigenvalue weighted by molar-refractivity contribution is -0.138. The minimum absolute atomic E-state index is 0.0755. The normalized spacial score (nSPS) is 45.5. The Hall–Kier alpha value is -2.28. The molecule has 55 heavy (non-hydrogen) atoms. The van der Waals surface area contributed by atoms with Gasteiger partial charge in [-0.15, -0.1) is 0 Å². The molecule has 8 rings (SSSR count). The maximum absolute atomic E-state index is 12.0. The number of rotatable bonds is 8. The quantitative estimate of drug-likeness (QED) is 0.225. The van der Waals surface area contributed by atoms with Gasteiger partial charge in [-0.2, -0.15) is 0 Å². The largest absolute Gasteiger partial charge is 0.481 e. The molecule has 0 aromatic heterocycles. The van der Waals surface area contributed by atoms with E-state index in [2.05, 4.69) is 41.5 Å². The predicted octanol–water partition coefficient (Wildman–Crippen LogP) is 10.2. The smallest absolute Gasteiger partial charge is 0.303 e. The van der Waals surface area contributed by atoms with E-state index in [0.29, 0.717) is 71.9 Å². The Labute approximate surface area is 331 Å². The van der Waals surface area contributed by atoms with Crippen LogP contribution in [0, 0.1) is 80.8 Å². The molecule has 7 nitrogen and oxygen atoms in total. The average molecular weight is 761 g/mol. The summed E-state index contributed by atoms with van der Waals surface area (Å²) in [6.07, 6.45) is 21.9. The van der Waals surface area contributed by atoms with Gasteiger partial charge in [-0.1, -0.05) is 52.7 Å². The van der Waals surface area contributed by atoms with E-state index in [1.165, 1.54) is 49.7 Å². The zero-order chi connectivity index (χ0) is 39.7. The molecule has 8 aliphatic carbocycles. The summed E-state index contributed by atoms with van der Waals surface area (Å²) < 4.78 is 0. The second kappa shape index (κ2) is 15.1. The summed E-state index contributed by atoms with van der Waals surface area (Å²) in [4.78, 5) is 46.0. The number of carboxylic acid groups (broad SMARTS) is 2. The molecule has 15 atom stereocenters. The van der Waals surface area contributed by atoms with Crippen LogP contribution in [-0.2, 0) is 19.2 Å². The average Bonchev–Trinajstić information content (AvgIpc) is 3.67. The molecule has 3 N–H and O–H groups in total. The molecule has 5 unspecified atom stereocenters. The Kier molecular flexibility index (Phi) is 11.3. The van der Waals surface area contributed by atoms with Gasteiger partial charge in [0.25, 0.3) is 0 Å². The number of aliphatic hydroxyl groups is 1. The van der Waals surface area contributed by atoms with E-state index in [4.69, 9.17) is 10.2 Å². The van der Waals surface area contributed by atoms with Crippen molar-refractivity contribution in [3.63, 3.8) is 0 Å². The number of carboxylic acids is 2. The lowest BCUT2D eigenvalue weighted by atomic mass is 9.45. The van der Waals surface area contributed by atoms with Crippen LogP contribution in [0.3, 0.4) is 0 Å². The third-order valence-electron chi connectivity index (χ3n) is 19.1. The molecule has 0 aromatic rings. The zero-order valence-electron chi connectivity index (χ0n) is 34.9. The lowest BCUT2D eigenvalue weighted by Gasteiger charge is -2.59. The van der Waals surface area contributed by atoms with Crippen molar-refractivity contribution in [3.8, 4) is 0 Å². The van der Waals surface area contributed by atoms with Gasteiger partial charge in [-0.3, -0.25) is 19.2 Å². The highest BCUT2D eigenvalue weighted by atomic mass is 16.4. The molecule has 8 aliphatic rings. The molecule has 0 aromatic carbocycles. The minimum Gasteiger partial charge on any atom is -0.481 e. The van der Waals surface area contributed by atoms with Crippen molar-refractivity contribution in [1.29, 1.82) is 0 Å². The van der Waals surface area contributed by atoms with Crippen LogP contribution in [0.25, 0.3) is 0 Å². The summed E-state index contributed by atoms with van der Waals surface area (Å²) in [6, 6.07) is 0. The van der Waals surface area contributed by atoms with Gasteiger partial charge in [-0.05, 0) is 189 Å². The Morgan fingerprint density at radius 2 is 1.13 bits per heavy atom. The SMILES string of the molecule is C[C@H](CCC(=O)O)[C@H]1CCC2[C@@H]3C(O)CC4=CC(=O)CC[C@]4(C)C3CC[C@@]21C.C[C@H](CCC(=O)O)[C@H]1CCC2[C@@H]3CCC4=CC(=O)CC[C@]4(C)C3CC[C@@]21C. The van der Waals surface area contributed by atoms with Gasteiger partial charge in [0.05, 0.1) is 6.10 Å². The Balaban J connectivity index is 0.000000169. The van der Waals surface area contributed by atoms with Gasteiger partial charge in [0.15, 0.2) is 11.6 Å². The standard InChI is InChI=1S/C24H36O4.C24H36O3/c1-14(4-7-21(27)28)17-5-6-18-22-19(9-11-24(17,18)3)23(2)10-8-16(25)12-15(23)13-20(22)26;1-15(4-9-22(26)27)19-7-8-20-18-6-5-16-14-17(25)10-12-23(16,2)21(18)11-13-24(19,20)3/h12,14,17-20,22,26H,4-11,13H2,1-3H3,(H,27,28);14-15,18-21H,4-13H2,1-3H3,(H,26,27)/t14-,17-,18?,19?,20?,22+,23+,24-;15-,18+,19-,20?,21?,23+,24-/m11/s1. The number of aliphatic hydroxyl groups excluding tert-OH is 1. The number of allylic oxidation sites excluding steroid dienone is 1. The molecule has 6 fully saturated rings. The summed E-state index contributed by atoms with van der Waals surface area (Å²) >= 11 is 0. The fraction of sp³-hybridized carbons (Fsp3) is 0.833. The van der Waals surface area contributed by atoms with Crippen LogP contribution in [0.4, 0.5) is 0 Å². The van der Waals surface area contributed by atoms with E-state index in [0.717, 1.165) is 75.5 Å². The van der Waals surface area contributed by atoms with E-state index in [1.54, 1.807) is 0 Å². The van der Waals surface area contributed by atoms with Gasteiger partial charge < -0.3 is 15.3 Å². The van der Waals surface area contributed by atoms with Crippen LogP contribution >= 0.6 is 0 Å². The van der Waals surface area contributed by atoms with Gasteiger partial charge in [0.2, 0.25) is 0 Å². The van der Waals surface area contributed by atoms with Crippen molar-refractivity contribution < 1.29 is 34.5 Å². The number of hydrogen-bond acceptors (Lipinski definition) is 5. The molecular formula is C48H72O7. The molecule has 306 valence electrons. The molecule has 0 saturated heterocycles. The first kappa shape index (κ1) is 40.9. The number of carbonyl (C=O) groups is 4. The minimum atomic E-state index is -0.697. The van der Waals surface area contributed by atoms with Crippen LogP contribution in [0.1, 0.15) is 164 Å². The maximum atomic E-state index is 12.0. The molecular weight excluding hydrogens is 689 g/mol. The first-order valence-electron chi connectivity index (χ1n) is 22.5. The summed E-state index contributed by atoms with van der Waals surface area (Å²) in [7, 11) is 0. The van der Waals surface area contributed by atoms with E-state index < -0.39 is 11.9 Å². The highest BCUT2D eigenvalue weighted by molar-refractivity contribution is 5.92. The highest BCUT2D eigenvalue weighted by Gasteiger charge is 2.62. The van der Waals surface area contributed by atoms with Gasteiger partial charge >= 0.3 is 11.9 Å². The monoisotopic (exact) mass is 761 g/mol. The Morgan fingerprint density at radius 3 is 1.69 bits per heavy atom. The van der Waals surface area contributed by atoms with Gasteiger partial charge in [0, 0.05) is 25.7 Å². The third kappa shape index (κ3) is 7.04. The number of fused-ring (bicyclic) bond motifs is 10. The van der Waals surface area contributed by atoms with Gasteiger partial charge in [0.1, 0.15) is 0 Å². The molecule has 0 bridgehead atoms. The lowest BCUT2D eigenvalue weighted by Crippen LogP contribution is -2.55. The summed E-state index contributed by atoms with van der Waals surface area (Å²) in [5.41, 5.74) is 3.58. The van der Waals surface area contributed by atoms with Crippen LogP contribution in [0.2, 0.25) is 0 Å². The molecule has 0 radical (unpaired) electrons. The first-order valence-corrected chi connectivity index (χ1v) is 22.5. The number of ketones is 2. The van der Waals surface area contributed by atoms with E-state index in [1.807, 2.05) is 12.2 Å². The number of aliphatic carboxylic acids is 2. The van der Waals surface area contributed by atoms with Crippen LogP contribution < -0.4 is 0 Å². The molecule has 0 amide bonds. The van der Waals surface area contributed by atoms with Crippen molar-refractivity contribution >= 4 is 23.5 Å². The van der Waals surface area contributed by atoms with E-state index in [-0.39, 0.29) is 34.6 Å². The van der Waals surface area contributed by atoms with Crippen molar-refractivity contribution in [2.45, 2.75) is 170 Å². The van der Waals surface area contributed by atoms with Crippen molar-refractivity contribution in [3.05, 3.63) is 23.3 Å². The number of hydrogen-bond donors (Lipinski definition) is 3. The van der Waals surface area contributed by atoms with Crippen LogP contribution in [0.5, 0.6) is 0 Å². The fourth-order valence-corrected chi connectivity index (χ4v) is 16.1. The first-order chi connectivity index (χ1) is 25.9. The van der Waals surface area contributed by atoms with Gasteiger partial charge in [-0.25, -0.2) is 0 Å². The third-order valence-corrected chi connectivity index (χ3v) is 19.1. The molecule has 0 aliphatic heterocycles. The van der Waals surface area contributed by atoms with Crippen molar-refractivity contribution in [2.75, 3.05) is 0 Å². The van der Waals surface area contributed by atoms with E-state index >= 15 is 0 Å². The van der Waals surface area contributed by atoms with Crippen LogP contribution in [-0.4, -0.2) is 44.9 Å². The summed E-state index contributed by atoms with van der Waals surface area (Å²) in [5, 5.41) is 29.3. The fourth-order valence-electron chi connectivity index (χ4n) is 16.1. The molecule has 7 heteroatoms. The van der Waals surface area contributed by atoms with Crippen LogP contribution in [0.15, 0.2) is 23.3 Å². The molecule has 6 saturated carbocycles. The van der Waals surface area contributed by atoms with Crippen molar-refractivity contribution in [1.82, 2.24) is 0 Å². The second-order valence-corrected chi connectivity index (χ2v) is 21.4. The summed E-state index contributed by atoms with van der Waals surface area (Å²) in [6.45, 7) is 14.3. The Bertz CT molecular complexity index is 1590. The van der Waals surface area contributed by atoms with E-state index in [9.17, 15) is 24.3 Å². The van der Waals surface area contributed by atoms with Crippen molar-refractivity contribution in [2.24, 2.45) is 80.8 Å². The topological polar surface area (TPSA) is 129 Å². The molecule has 0 spiro atoms.